The molecule has 0 amide bonds. The molecular weight excluding hydrogens is 400 g/mol. The molecule has 0 aliphatic heterocycles. The molecule has 0 fully saturated rings. The minimum atomic E-state index is -0.812. The molecule has 0 spiro atoms. The molecule has 26 heavy (non-hydrogen) atoms. The van der Waals surface area contributed by atoms with Gasteiger partial charge in [-0.25, -0.2) is 4.79 Å². The van der Waals surface area contributed by atoms with Crippen molar-refractivity contribution < 1.29 is 14.3 Å². The van der Waals surface area contributed by atoms with Gasteiger partial charge in [0.15, 0.2) is 6.10 Å². The first kappa shape index (κ1) is 17.8. The van der Waals surface area contributed by atoms with Crippen LogP contribution in [-0.4, -0.2) is 33.3 Å². The fourth-order valence-electron chi connectivity index (χ4n) is 2.34. The summed E-state index contributed by atoms with van der Waals surface area (Å²) < 4.78 is 13.0. The Morgan fingerprint density at radius 3 is 2.65 bits per heavy atom. The zero-order chi connectivity index (χ0) is 18.5. The van der Waals surface area contributed by atoms with Crippen LogP contribution in [0.5, 0.6) is 6.01 Å². The number of carbonyl (C=O) groups excluding carboxylic acids is 1. The lowest BCUT2D eigenvalue weighted by molar-refractivity contribution is -0.137. The number of rotatable bonds is 6. The molecule has 3 rings (SSSR count). The summed E-state index contributed by atoms with van der Waals surface area (Å²) in [7, 11) is 1.29. The van der Waals surface area contributed by atoms with E-state index in [0.29, 0.717) is 5.56 Å². The molecule has 0 aliphatic carbocycles. The topological polar surface area (TPSA) is 79.1 Å². The Bertz CT molecular complexity index is 927. The molecule has 0 saturated heterocycles. The predicted molar refractivity (Wildman–Crippen MR) is 97.8 cm³/mol. The van der Waals surface area contributed by atoms with Crippen LogP contribution in [0.1, 0.15) is 11.7 Å². The summed E-state index contributed by atoms with van der Waals surface area (Å²) in [6.45, 7) is 3.82. The van der Waals surface area contributed by atoms with Crippen molar-refractivity contribution in [1.29, 1.82) is 0 Å². The molecular formula is C18H15BrN4O3. The number of methoxy groups -OCH3 is 1. The number of ether oxygens (including phenoxy) is 2. The number of aromatic nitrogens is 4. The Kier molecular flexibility index (Phi) is 5.43. The van der Waals surface area contributed by atoms with Gasteiger partial charge in [-0.15, -0.1) is 0 Å². The molecule has 8 heteroatoms. The van der Waals surface area contributed by atoms with Crippen LogP contribution in [-0.2, 0) is 9.53 Å². The lowest BCUT2D eigenvalue weighted by atomic mass is 10.0. The Morgan fingerprint density at radius 2 is 1.96 bits per heavy atom. The molecule has 0 aliphatic rings. The maximum Gasteiger partial charge on any atom is 0.341 e. The van der Waals surface area contributed by atoms with Crippen LogP contribution in [0.3, 0.4) is 0 Å². The molecule has 0 N–H and O–H groups in total. The average Bonchev–Trinajstić information content (AvgIpc) is 3.14. The number of halogens is 1. The Morgan fingerprint density at radius 1 is 1.19 bits per heavy atom. The van der Waals surface area contributed by atoms with Gasteiger partial charge in [-0.05, 0) is 40.3 Å². The van der Waals surface area contributed by atoms with Gasteiger partial charge in [-0.2, -0.15) is 4.68 Å². The van der Waals surface area contributed by atoms with Crippen LogP contribution in [0.25, 0.3) is 5.69 Å². The Labute approximate surface area is 158 Å². The van der Waals surface area contributed by atoms with E-state index in [4.69, 9.17) is 9.47 Å². The number of para-hydroxylation sites is 1. The van der Waals surface area contributed by atoms with Crippen LogP contribution in [0.2, 0.25) is 0 Å². The van der Waals surface area contributed by atoms with E-state index in [1.54, 1.807) is 0 Å². The smallest absolute Gasteiger partial charge is 0.341 e. The summed E-state index contributed by atoms with van der Waals surface area (Å²) in [4.78, 5) is 12.0. The van der Waals surface area contributed by atoms with Crippen LogP contribution in [0, 0.1) is 0 Å². The van der Waals surface area contributed by atoms with Gasteiger partial charge in [0.2, 0.25) is 0 Å². The SMILES string of the molecule is C=C(C(=O)OC)C(Oc1nnnn1-c1ccccc1)c1cccc(Br)c1. The molecule has 0 saturated carbocycles. The standard InChI is InChI=1S/C18H15BrN4O3/c1-12(17(24)25-2)16(13-7-6-8-14(19)11-13)26-18-20-21-22-23(18)15-9-4-3-5-10-15/h3-11,16H,1H2,2H3. The second-order valence-electron chi connectivity index (χ2n) is 5.28. The van der Waals surface area contributed by atoms with E-state index in [-0.39, 0.29) is 11.6 Å². The molecule has 1 atom stereocenters. The number of nitrogens with zero attached hydrogens (tertiary/aromatic N) is 4. The van der Waals surface area contributed by atoms with Crippen molar-refractivity contribution in [3.05, 3.63) is 76.8 Å². The molecule has 7 nitrogen and oxygen atoms in total. The highest BCUT2D eigenvalue weighted by molar-refractivity contribution is 9.10. The summed E-state index contributed by atoms with van der Waals surface area (Å²) in [5, 5.41) is 11.5. The first-order chi connectivity index (χ1) is 12.6. The first-order valence-corrected chi connectivity index (χ1v) is 8.42. The van der Waals surface area contributed by atoms with E-state index in [0.717, 1.165) is 10.2 Å². The largest absolute Gasteiger partial charge is 0.466 e. The second kappa shape index (κ2) is 7.92. The van der Waals surface area contributed by atoms with Crippen LogP contribution in [0.4, 0.5) is 0 Å². The van der Waals surface area contributed by atoms with Crippen LogP contribution in [0.15, 0.2) is 71.2 Å². The highest BCUT2D eigenvalue weighted by Crippen LogP contribution is 2.29. The van der Waals surface area contributed by atoms with Gasteiger partial charge in [-0.1, -0.05) is 57.9 Å². The maximum absolute atomic E-state index is 12.0. The van der Waals surface area contributed by atoms with Gasteiger partial charge in [0.1, 0.15) is 0 Å². The second-order valence-corrected chi connectivity index (χ2v) is 6.19. The first-order valence-electron chi connectivity index (χ1n) is 7.63. The quantitative estimate of drug-likeness (QED) is 0.454. The fourth-order valence-corrected chi connectivity index (χ4v) is 2.75. The number of esters is 1. The maximum atomic E-state index is 12.0. The third-order valence-corrected chi connectivity index (χ3v) is 4.07. The number of hydrogen-bond donors (Lipinski definition) is 0. The summed E-state index contributed by atoms with van der Waals surface area (Å²) in [6, 6.07) is 16.8. The molecule has 1 unspecified atom stereocenters. The summed E-state index contributed by atoms with van der Waals surface area (Å²) in [6.07, 6.45) is -0.812. The van der Waals surface area contributed by atoms with E-state index >= 15 is 0 Å². The monoisotopic (exact) mass is 414 g/mol. The van der Waals surface area contributed by atoms with E-state index in [2.05, 4.69) is 38.0 Å². The van der Waals surface area contributed by atoms with Crippen LogP contribution < -0.4 is 4.74 Å². The van der Waals surface area contributed by atoms with Crippen molar-refractivity contribution in [1.82, 2.24) is 20.2 Å². The number of tetrazole rings is 1. The van der Waals surface area contributed by atoms with E-state index in [1.165, 1.54) is 11.8 Å². The van der Waals surface area contributed by atoms with Crippen molar-refractivity contribution in [3.63, 3.8) is 0 Å². The zero-order valence-electron chi connectivity index (χ0n) is 13.9. The van der Waals surface area contributed by atoms with Gasteiger partial charge in [0.05, 0.1) is 18.4 Å². The van der Waals surface area contributed by atoms with Crippen molar-refractivity contribution in [2.24, 2.45) is 0 Å². The molecule has 3 aromatic rings. The van der Waals surface area contributed by atoms with Gasteiger partial charge < -0.3 is 9.47 Å². The third kappa shape index (κ3) is 3.80. The molecule has 132 valence electrons. The lowest BCUT2D eigenvalue weighted by Gasteiger charge is -2.19. The Balaban J connectivity index is 1.98. The number of benzene rings is 2. The van der Waals surface area contributed by atoms with E-state index in [1.807, 2.05) is 54.6 Å². The van der Waals surface area contributed by atoms with Crippen molar-refractivity contribution in [3.8, 4) is 11.7 Å². The lowest BCUT2D eigenvalue weighted by Crippen LogP contribution is -2.19. The number of carbonyl (C=O) groups is 1. The summed E-state index contributed by atoms with van der Waals surface area (Å²) in [5.74, 6) is -0.575. The zero-order valence-corrected chi connectivity index (χ0v) is 15.5. The Hall–Kier alpha value is -3.00. The minimum absolute atomic E-state index is 0.131. The van der Waals surface area contributed by atoms with Gasteiger partial charge >= 0.3 is 12.0 Å². The molecule has 0 bridgehead atoms. The highest BCUT2D eigenvalue weighted by Gasteiger charge is 2.26. The van der Waals surface area contributed by atoms with Gasteiger partial charge in [0.25, 0.3) is 0 Å². The molecule has 0 radical (unpaired) electrons. The number of hydrogen-bond acceptors (Lipinski definition) is 6. The average molecular weight is 415 g/mol. The predicted octanol–water partition coefficient (Wildman–Crippen LogP) is 3.27. The minimum Gasteiger partial charge on any atom is -0.466 e. The summed E-state index contributed by atoms with van der Waals surface area (Å²) >= 11 is 3.42. The molecule has 1 aromatic heterocycles. The highest BCUT2D eigenvalue weighted by atomic mass is 79.9. The van der Waals surface area contributed by atoms with Crippen LogP contribution >= 0.6 is 15.9 Å². The molecule has 1 heterocycles. The molecule has 2 aromatic carbocycles. The summed E-state index contributed by atoms with van der Waals surface area (Å²) in [5.41, 5.74) is 1.56. The van der Waals surface area contributed by atoms with E-state index < -0.39 is 12.1 Å². The van der Waals surface area contributed by atoms with E-state index in [9.17, 15) is 4.79 Å². The normalized spacial score (nSPS) is 11.6. The van der Waals surface area contributed by atoms with Crippen molar-refractivity contribution >= 4 is 21.9 Å². The fraction of sp³-hybridized carbons (Fsp3) is 0.111. The van der Waals surface area contributed by atoms with Crippen molar-refractivity contribution in [2.75, 3.05) is 7.11 Å². The van der Waals surface area contributed by atoms with Gasteiger partial charge in [-0.3, -0.25) is 0 Å². The van der Waals surface area contributed by atoms with Crippen molar-refractivity contribution in [2.45, 2.75) is 6.10 Å². The third-order valence-electron chi connectivity index (χ3n) is 3.58. The van der Waals surface area contributed by atoms with Gasteiger partial charge in [0, 0.05) is 4.47 Å².